The predicted octanol–water partition coefficient (Wildman–Crippen LogP) is 1.74. The minimum absolute atomic E-state index is 0.0917. The summed E-state index contributed by atoms with van der Waals surface area (Å²) in [4.78, 5) is 32.4. The van der Waals surface area contributed by atoms with E-state index in [-0.39, 0.29) is 11.9 Å². The average Bonchev–Trinajstić information content (AvgIpc) is 3.17. The van der Waals surface area contributed by atoms with Crippen molar-refractivity contribution in [1.82, 2.24) is 15.2 Å². The zero-order chi connectivity index (χ0) is 20.8. The molecule has 0 radical (unpaired) electrons. The molecular formula is C22H26N5O2S+. The van der Waals surface area contributed by atoms with E-state index in [0.717, 1.165) is 48.9 Å². The van der Waals surface area contributed by atoms with Crippen LogP contribution < -0.4 is 15.5 Å². The third-order valence-electron chi connectivity index (χ3n) is 5.22. The molecule has 7 nitrogen and oxygen atoms in total. The van der Waals surface area contributed by atoms with E-state index in [0.29, 0.717) is 13.0 Å². The third-order valence-corrected chi connectivity index (χ3v) is 6.26. The maximum atomic E-state index is 12.5. The van der Waals surface area contributed by atoms with Crippen molar-refractivity contribution in [3.63, 3.8) is 0 Å². The second kappa shape index (κ2) is 9.69. The number of nitrogens with zero attached hydrogens (tertiary/aromatic N) is 2. The highest BCUT2D eigenvalue weighted by molar-refractivity contribution is 7.18. The Morgan fingerprint density at radius 2 is 1.77 bits per heavy atom. The molecule has 1 aromatic heterocycles. The summed E-state index contributed by atoms with van der Waals surface area (Å²) in [5.74, 6) is 0.0917. The van der Waals surface area contributed by atoms with Crippen LogP contribution in [0.5, 0.6) is 0 Å². The first-order chi connectivity index (χ1) is 14.7. The van der Waals surface area contributed by atoms with Crippen LogP contribution in [0.2, 0.25) is 0 Å². The number of anilines is 1. The Labute approximate surface area is 179 Å². The van der Waals surface area contributed by atoms with Crippen LogP contribution in [0.25, 0.3) is 10.2 Å². The number of rotatable bonds is 6. The molecule has 1 aliphatic rings. The van der Waals surface area contributed by atoms with E-state index in [1.165, 1.54) is 9.60 Å². The van der Waals surface area contributed by atoms with E-state index in [1.54, 1.807) is 11.3 Å². The summed E-state index contributed by atoms with van der Waals surface area (Å²) in [5.41, 5.74) is 1.79. The maximum Gasteiger partial charge on any atom is 0.319 e. The van der Waals surface area contributed by atoms with E-state index in [9.17, 15) is 9.59 Å². The first kappa shape index (κ1) is 20.3. The molecule has 2 heterocycles. The zero-order valence-electron chi connectivity index (χ0n) is 16.8. The number of quaternary nitrogens is 1. The first-order valence-corrected chi connectivity index (χ1v) is 11.0. The smallest absolute Gasteiger partial charge is 0.319 e. The van der Waals surface area contributed by atoms with Gasteiger partial charge in [0.05, 0.1) is 36.4 Å². The second-order valence-corrected chi connectivity index (χ2v) is 8.50. The molecule has 3 aromatic rings. The van der Waals surface area contributed by atoms with Gasteiger partial charge in [-0.15, -0.1) is 11.3 Å². The zero-order valence-corrected chi connectivity index (χ0v) is 17.6. The van der Waals surface area contributed by atoms with E-state index in [2.05, 4.69) is 22.8 Å². The van der Waals surface area contributed by atoms with Crippen LogP contribution in [0, 0.1) is 0 Å². The van der Waals surface area contributed by atoms with Gasteiger partial charge < -0.3 is 20.4 Å². The van der Waals surface area contributed by atoms with Crippen molar-refractivity contribution >= 4 is 39.2 Å². The Kier molecular flexibility index (Phi) is 6.56. The number of thiazole rings is 1. The van der Waals surface area contributed by atoms with Crippen LogP contribution in [0.4, 0.5) is 10.5 Å². The molecule has 4 rings (SSSR count). The number of benzene rings is 2. The Bertz CT molecular complexity index is 966. The number of urea groups is 1. The van der Waals surface area contributed by atoms with Crippen LogP contribution in [0.15, 0.2) is 54.6 Å². The summed E-state index contributed by atoms with van der Waals surface area (Å²) in [7, 11) is 0. The summed E-state index contributed by atoms with van der Waals surface area (Å²) in [6.45, 7) is 4.57. The van der Waals surface area contributed by atoms with Crippen LogP contribution in [-0.4, -0.2) is 54.5 Å². The number of nitrogens with one attached hydrogen (secondary N) is 3. The Morgan fingerprint density at radius 1 is 1.03 bits per heavy atom. The molecule has 0 spiro atoms. The number of fused-ring (bicyclic) bond motifs is 1. The third kappa shape index (κ3) is 5.34. The van der Waals surface area contributed by atoms with Crippen molar-refractivity contribution in [1.29, 1.82) is 0 Å². The largest absolute Gasteiger partial charge is 0.337 e. The van der Waals surface area contributed by atoms with Gasteiger partial charge in [0, 0.05) is 18.7 Å². The highest BCUT2D eigenvalue weighted by Gasteiger charge is 2.24. The lowest BCUT2D eigenvalue weighted by molar-refractivity contribution is -0.917. The highest BCUT2D eigenvalue weighted by atomic mass is 32.1. The van der Waals surface area contributed by atoms with E-state index in [4.69, 9.17) is 4.98 Å². The molecule has 2 aromatic carbocycles. The quantitative estimate of drug-likeness (QED) is 0.564. The van der Waals surface area contributed by atoms with Gasteiger partial charge in [-0.25, -0.2) is 9.78 Å². The predicted molar refractivity (Wildman–Crippen MR) is 119 cm³/mol. The van der Waals surface area contributed by atoms with Gasteiger partial charge in [-0.1, -0.05) is 30.3 Å². The fraction of sp³-hybridized carbons (Fsp3) is 0.318. The molecule has 1 aliphatic heterocycles. The van der Waals surface area contributed by atoms with Crippen molar-refractivity contribution in [3.8, 4) is 0 Å². The number of piperazine rings is 1. The van der Waals surface area contributed by atoms with Crippen LogP contribution in [-0.2, 0) is 11.3 Å². The van der Waals surface area contributed by atoms with Gasteiger partial charge >= 0.3 is 6.03 Å². The lowest BCUT2D eigenvalue weighted by Crippen LogP contribution is -3.13. The van der Waals surface area contributed by atoms with Crippen molar-refractivity contribution in [2.24, 2.45) is 0 Å². The summed E-state index contributed by atoms with van der Waals surface area (Å²) in [5, 5.41) is 6.65. The fourth-order valence-electron chi connectivity index (χ4n) is 3.60. The van der Waals surface area contributed by atoms with Crippen LogP contribution >= 0.6 is 11.3 Å². The Balaban J connectivity index is 1.16. The number of carbonyl (C=O) groups excluding carboxylic acids is 2. The Hall–Kier alpha value is -2.97. The molecule has 0 saturated carbocycles. The summed E-state index contributed by atoms with van der Waals surface area (Å²) in [6, 6.07) is 17.2. The summed E-state index contributed by atoms with van der Waals surface area (Å²) >= 11 is 1.75. The molecule has 0 bridgehead atoms. The van der Waals surface area contributed by atoms with E-state index in [1.807, 2.05) is 47.4 Å². The first-order valence-electron chi connectivity index (χ1n) is 10.2. The van der Waals surface area contributed by atoms with Gasteiger partial charge in [-0.05, 0) is 24.3 Å². The molecule has 156 valence electrons. The van der Waals surface area contributed by atoms with Crippen molar-refractivity contribution < 1.29 is 14.5 Å². The minimum Gasteiger partial charge on any atom is -0.337 e. The number of hydrogen-bond acceptors (Lipinski definition) is 4. The van der Waals surface area contributed by atoms with Gasteiger partial charge in [-0.2, -0.15) is 0 Å². The van der Waals surface area contributed by atoms with Crippen LogP contribution in [0.3, 0.4) is 0 Å². The number of amides is 3. The van der Waals surface area contributed by atoms with Gasteiger partial charge in [0.25, 0.3) is 0 Å². The van der Waals surface area contributed by atoms with E-state index < -0.39 is 0 Å². The highest BCUT2D eigenvalue weighted by Crippen LogP contribution is 2.20. The number of carbonyl (C=O) groups is 2. The summed E-state index contributed by atoms with van der Waals surface area (Å²) in [6.07, 6.45) is 0.315. The SMILES string of the molecule is O=C(NCCC(=O)N1CC[NH+](Cc2nc3ccccc3s2)CC1)Nc1ccccc1. The standard InChI is InChI=1S/C22H25N5O2S/c28-21(10-11-23-22(29)24-17-6-2-1-3-7-17)27-14-12-26(13-15-27)16-20-25-18-8-4-5-9-19(18)30-20/h1-9H,10-16H2,(H2,23,24,29)/p+1. The normalized spacial score (nSPS) is 14.6. The van der Waals surface area contributed by atoms with Crippen molar-refractivity contribution in [3.05, 3.63) is 59.6 Å². The lowest BCUT2D eigenvalue weighted by atomic mass is 10.2. The fourth-order valence-corrected chi connectivity index (χ4v) is 4.64. The molecular weight excluding hydrogens is 398 g/mol. The minimum atomic E-state index is -0.293. The Morgan fingerprint density at radius 3 is 2.53 bits per heavy atom. The van der Waals surface area contributed by atoms with Gasteiger partial charge in [0.1, 0.15) is 11.6 Å². The number of hydrogen-bond donors (Lipinski definition) is 3. The van der Waals surface area contributed by atoms with Gasteiger partial charge in [0.15, 0.2) is 0 Å². The average molecular weight is 425 g/mol. The lowest BCUT2D eigenvalue weighted by Gasteiger charge is -2.31. The van der Waals surface area contributed by atoms with Gasteiger partial charge in [0.2, 0.25) is 5.91 Å². The molecule has 3 amide bonds. The molecule has 3 N–H and O–H groups in total. The number of aromatic nitrogens is 1. The molecule has 8 heteroatoms. The topological polar surface area (TPSA) is 78.8 Å². The molecule has 30 heavy (non-hydrogen) atoms. The van der Waals surface area contributed by atoms with Gasteiger partial charge in [-0.3, -0.25) is 4.79 Å². The molecule has 1 fully saturated rings. The maximum absolute atomic E-state index is 12.5. The molecule has 0 atom stereocenters. The number of para-hydroxylation sites is 2. The monoisotopic (exact) mass is 424 g/mol. The van der Waals surface area contributed by atoms with E-state index >= 15 is 0 Å². The second-order valence-electron chi connectivity index (χ2n) is 7.38. The molecule has 0 unspecified atom stereocenters. The molecule has 0 aliphatic carbocycles. The molecule has 1 saturated heterocycles. The summed E-state index contributed by atoms with van der Waals surface area (Å²) < 4.78 is 1.23. The van der Waals surface area contributed by atoms with Crippen molar-refractivity contribution in [2.75, 3.05) is 38.0 Å². The van der Waals surface area contributed by atoms with Crippen molar-refractivity contribution in [2.45, 2.75) is 13.0 Å². The van der Waals surface area contributed by atoms with Crippen LogP contribution in [0.1, 0.15) is 11.4 Å².